The van der Waals surface area contributed by atoms with Crippen LogP contribution in [-0.4, -0.2) is 89.1 Å². The second-order valence-corrected chi connectivity index (χ2v) is 13.3. The molecular formula is C43H48N4O10. The average Bonchev–Trinajstić information content (AvgIpc) is 3.90. The van der Waals surface area contributed by atoms with Crippen LogP contribution in [-0.2, 0) is 9.59 Å². The fourth-order valence-corrected chi connectivity index (χ4v) is 6.98. The van der Waals surface area contributed by atoms with E-state index in [2.05, 4.69) is 10.2 Å². The first-order valence-electron chi connectivity index (χ1n) is 18.4. The van der Waals surface area contributed by atoms with Gasteiger partial charge in [0.2, 0.25) is 23.3 Å². The lowest BCUT2D eigenvalue weighted by atomic mass is 9.97. The Morgan fingerprint density at radius 3 is 1.16 bits per heavy atom. The predicted octanol–water partition coefficient (Wildman–Crippen LogP) is 6.98. The van der Waals surface area contributed by atoms with Crippen molar-refractivity contribution >= 4 is 23.2 Å². The van der Waals surface area contributed by atoms with Crippen LogP contribution in [0.3, 0.4) is 0 Å². The zero-order valence-electron chi connectivity index (χ0n) is 33.5. The maximum absolute atomic E-state index is 12.6. The quantitative estimate of drug-likeness (QED) is 0.110. The number of hydrogen-bond donors (Lipinski definition) is 0. The van der Waals surface area contributed by atoms with E-state index in [0.717, 1.165) is 33.7 Å². The van der Waals surface area contributed by atoms with Gasteiger partial charge in [0.25, 0.3) is 0 Å². The molecule has 0 fully saturated rings. The zero-order valence-corrected chi connectivity index (χ0v) is 33.5. The van der Waals surface area contributed by atoms with E-state index in [-0.39, 0.29) is 23.9 Å². The molecule has 2 atom stereocenters. The van der Waals surface area contributed by atoms with Gasteiger partial charge in [-0.25, -0.2) is 10.0 Å². The molecule has 4 aromatic carbocycles. The van der Waals surface area contributed by atoms with Crippen molar-refractivity contribution in [2.75, 3.05) is 55.9 Å². The van der Waals surface area contributed by atoms with Crippen molar-refractivity contribution in [3.8, 4) is 46.0 Å². The van der Waals surface area contributed by atoms with Crippen molar-refractivity contribution in [2.45, 2.75) is 45.2 Å². The van der Waals surface area contributed by atoms with Gasteiger partial charge in [-0.15, -0.1) is 0 Å². The van der Waals surface area contributed by atoms with E-state index >= 15 is 0 Å². The number of carbonyl (C=O) groups excluding carboxylic acids is 2. The van der Waals surface area contributed by atoms with Gasteiger partial charge in [0, 0.05) is 33.1 Å². The number of hydrazone groups is 2. The van der Waals surface area contributed by atoms with Crippen LogP contribution in [0.2, 0.25) is 0 Å². The van der Waals surface area contributed by atoms with E-state index < -0.39 is 0 Å². The molecule has 0 aromatic heterocycles. The molecule has 2 aliphatic rings. The summed E-state index contributed by atoms with van der Waals surface area (Å²) in [6.45, 7) is 3.91. The minimum atomic E-state index is -0.334. The Kier molecular flexibility index (Phi) is 12.7. The van der Waals surface area contributed by atoms with Crippen LogP contribution < -0.4 is 37.9 Å². The first-order chi connectivity index (χ1) is 27.6. The standard InChI is InChI=1S/C43H48N4O10/c1-26(48)46-36(30-20-38(50-3)42(54-7)39(21-30)51-4)24-34(44-46)28-10-14-32(15-11-28)56-18-9-19-57-33-16-12-29(13-17-33)35-25-37(47(45-35)27(2)49)31-22-40(52-5)43(55-8)41(23-31)53-6/h10-17,20-23,36-37H,9,18-19,24-25H2,1-8H3. The number of amides is 2. The summed E-state index contributed by atoms with van der Waals surface area (Å²) >= 11 is 0. The molecule has 0 N–H and O–H groups in total. The molecule has 14 heteroatoms. The molecular weight excluding hydrogens is 732 g/mol. The minimum absolute atomic E-state index is 0.173. The highest BCUT2D eigenvalue weighted by Crippen LogP contribution is 2.44. The van der Waals surface area contributed by atoms with Gasteiger partial charge in [-0.05, 0) is 95.1 Å². The lowest BCUT2D eigenvalue weighted by Crippen LogP contribution is -2.24. The van der Waals surface area contributed by atoms with Crippen molar-refractivity contribution in [1.29, 1.82) is 0 Å². The van der Waals surface area contributed by atoms with Crippen LogP contribution in [0.5, 0.6) is 46.0 Å². The van der Waals surface area contributed by atoms with E-state index in [1.54, 1.807) is 42.7 Å². The lowest BCUT2D eigenvalue weighted by Gasteiger charge is -2.22. The largest absolute Gasteiger partial charge is 0.493 e. The second kappa shape index (κ2) is 18.0. The molecule has 0 saturated heterocycles. The Labute approximate surface area is 332 Å². The summed E-state index contributed by atoms with van der Waals surface area (Å²) in [6, 6.07) is 22.1. The molecule has 0 spiro atoms. The van der Waals surface area contributed by atoms with Crippen molar-refractivity contribution in [3.05, 3.63) is 95.1 Å². The topological polar surface area (TPSA) is 139 Å². The monoisotopic (exact) mass is 780 g/mol. The number of carbonyl (C=O) groups is 2. The van der Waals surface area contributed by atoms with Gasteiger partial charge in [-0.3, -0.25) is 9.59 Å². The lowest BCUT2D eigenvalue weighted by molar-refractivity contribution is -0.131. The van der Waals surface area contributed by atoms with E-state index in [4.69, 9.17) is 37.9 Å². The molecule has 2 unspecified atom stereocenters. The first-order valence-corrected chi connectivity index (χ1v) is 18.4. The molecule has 300 valence electrons. The van der Waals surface area contributed by atoms with Crippen molar-refractivity contribution in [1.82, 2.24) is 10.0 Å². The van der Waals surface area contributed by atoms with Crippen LogP contribution >= 0.6 is 0 Å². The number of hydrogen-bond acceptors (Lipinski definition) is 12. The summed E-state index contributed by atoms with van der Waals surface area (Å²) in [5, 5.41) is 12.3. The smallest absolute Gasteiger partial charge is 0.240 e. The summed E-state index contributed by atoms with van der Waals surface area (Å²) in [5.74, 6) is 4.09. The summed E-state index contributed by atoms with van der Waals surface area (Å²) in [4.78, 5) is 25.3. The van der Waals surface area contributed by atoms with Gasteiger partial charge < -0.3 is 37.9 Å². The van der Waals surface area contributed by atoms with Crippen molar-refractivity contribution in [2.24, 2.45) is 10.2 Å². The Balaban J connectivity index is 1.01. The summed E-state index contributed by atoms with van der Waals surface area (Å²) in [5.41, 5.74) is 4.99. The van der Waals surface area contributed by atoms with Gasteiger partial charge >= 0.3 is 0 Å². The van der Waals surface area contributed by atoms with Crippen LogP contribution in [0.1, 0.15) is 67.4 Å². The Hall–Kier alpha value is -6.44. The highest BCUT2D eigenvalue weighted by molar-refractivity contribution is 6.04. The van der Waals surface area contributed by atoms with E-state index in [1.165, 1.54) is 23.9 Å². The third-order valence-corrected chi connectivity index (χ3v) is 9.81. The molecule has 2 aliphatic heterocycles. The summed E-state index contributed by atoms with van der Waals surface area (Å²) < 4.78 is 45.1. The molecule has 0 aliphatic carbocycles. The van der Waals surface area contributed by atoms with Crippen LogP contribution in [0, 0.1) is 0 Å². The summed E-state index contributed by atoms with van der Waals surface area (Å²) in [6.07, 6.45) is 1.69. The Morgan fingerprint density at radius 1 is 0.544 bits per heavy atom. The molecule has 2 amide bonds. The minimum Gasteiger partial charge on any atom is -0.493 e. The predicted molar refractivity (Wildman–Crippen MR) is 214 cm³/mol. The van der Waals surface area contributed by atoms with E-state index in [0.29, 0.717) is 78.5 Å². The van der Waals surface area contributed by atoms with E-state index in [1.807, 2.05) is 72.8 Å². The molecule has 0 bridgehead atoms. The van der Waals surface area contributed by atoms with Crippen LogP contribution in [0.25, 0.3) is 0 Å². The molecule has 14 nitrogen and oxygen atoms in total. The Morgan fingerprint density at radius 2 is 0.877 bits per heavy atom. The fraction of sp³-hybridized carbons (Fsp3) is 0.349. The SMILES string of the molecule is COc1cc(C2CC(c3ccc(OCCCOc4ccc(C5=NN(C(C)=O)C(c6cc(OC)c(OC)c(OC)c6)C5)cc4)cc3)=NN2C(C)=O)cc(OC)c1OC. The normalized spacial score (nSPS) is 16.1. The van der Waals surface area contributed by atoms with Crippen LogP contribution in [0.4, 0.5) is 0 Å². The van der Waals surface area contributed by atoms with Gasteiger partial charge in [0.1, 0.15) is 11.5 Å². The number of nitrogens with zero attached hydrogens (tertiary/aromatic N) is 4. The number of methoxy groups -OCH3 is 6. The maximum atomic E-state index is 12.6. The van der Waals surface area contributed by atoms with Crippen LogP contribution in [0.15, 0.2) is 83.0 Å². The van der Waals surface area contributed by atoms with Crippen molar-refractivity contribution < 1.29 is 47.5 Å². The van der Waals surface area contributed by atoms with Gasteiger partial charge in [-0.1, -0.05) is 0 Å². The number of benzene rings is 4. The van der Waals surface area contributed by atoms with Crippen molar-refractivity contribution in [3.63, 3.8) is 0 Å². The molecule has 6 rings (SSSR count). The highest BCUT2D eigenvalue weighted by Gasteiger charge is 2.34. The average molecular weight is 781 g/mol. The molecule has 0 saturated carbocycles. The van der Waals surface area contributed by atoms with E-state index in [9.17, 15) is 9.59 Å². The first kappa shape index (κ1) is 40.2. The highest BCUT2D eigenvalue weighted by atomic mass is 16.5. The zero-order chi connectivity index (χ0) is 40.6. The number of rotatable bonds is 16. The third kappa shape index (κ3) is 8.69. The second-order valence-electron chi connectivity index (χ2n) is 13.3. The number of ether oxygens (including phenoxy) is 8. The molecule has 0 radical (unpaired) electrons. The molecule has 4 aromatic rings. The van der Waals surface area contributed by atoms with Gasteiger partial charge in [0.05, 0.1) is 79.4 Å². The fourth-order valence-electron chi connectivity index (χ4n) is 6.98. The summed E-state index contributed by atoms with van der Waals surface area (Å²) in [7, 11) is 9.35. The third-order valence-electron chi connectivity index (χ3n) is 9.81. The van der Waals surface area contributed by atoms with Gasteiger partial charge in [-0.2, -0.15) is 10.2 Å². The molecule has 2 heterocycles. The molecule has 57 heavy (non-hydrogen) atoms. The maximum Gasteiger partial charge on any atom is 0.240 e. The van der Waals surface area contributed by atoms with Gasteiger partial charge in [0.15, 0.2) is 23.0 Å². The Bertz CT molecular complexity index is 1930.